The average Bonchev–Trinajstić information content (AvgIpc) is 3.15. The van der Waals surface area contributed by atoms with Gasteiger partial charge in [-0.15, -0.1) is 0 Å². The van der Waals surface area contributed by atoms with Gasteiger partial charge in [0, 0.05) is 6.54 Å². The lowest BCUT2D eigenvalue weighted by Gasteiger charge is -2.41. The molecule has 0 saturated heterocycles. The highest BCUT2D eigenvalue weighted by Crippen LogP contribution is 2.49. The summed E-state index contributed by atoms with van der Waals surface area (Å²) in [5.41, 5.74) is 3.89. The number of Topliss-reactive ketones (excluding diaryl/α,β-unsaturated/α-hetero) is 1. The summed E-state index contributed by atoms with van der Waals surface area (Å²) in [5, 5.41) is 0. The Bertz CT molecular complexity index is 1160. The summed E-state index contributed by atoms with van der Waals surface area (Å²) in [5.74, 6) is 2.01. The summed E-state index contributed by atoms with van der Waals surface area (Å²) >= 11 is 0. The summed E-state index contributed by atoms with van der Waals surface area (Å²) < 4.78 is 11.7. The molecule has 36 heavy (non-hydrogen) atoms. The number of amides is 1. The Kier molecular flexibility index (Phi) is 6.67. The van der Waals surface area contributed by atoms with Crippen LogP contribution in [0.5, 0.6) is 5.75 Å². The van der Waals surface area contributed by atoms with Crippen LogP contribution >= 0.6 is 0 Å². The van der Waals surface area contributed by atoms with E-state index in [4.69, 9.17) is 9.47 Å². The molecule has 0 N–H and O–H groups in total. The molecule has 5 rings (SSSR count). The number of hydrogen-bond donors (Lipinski definition) is 0. The Balaban J connectivity index is 1.50. The maximum Gasteiger partial charge on any atom is 0.290 e. The fraction of sp³-hybridized carbons (Fsp3) is 0.484. The molecule has 190 valence electrons. The highest BCUT2D eigenvalue weighted by Gasteiger charge is 2.53. The Labute approximate surface area is 214 Å². The van der Waals surface area contributed by atoms with Crippen LogP contribution in [0, 0.1) is 17.8 Å². The highest BCUT2D eigenvalue weighted by molar-refractivity contribution is 6.11. The van der Waals surface area contributed by atoms with E-state index in [0.717, 1.165) is 29.7 Å². The van der Waals surface area contributed by atoms with Crippen LogP contribution in [0.25, 0.3) is 0 Å². The quantitative estimate of drug-likeness (QED) is 0.513. The van der Waals surface area contributed by atoms with Gasteiger partial charge < -0.3 is 14.4 Å². The number of methoxy groups -OCH3 is 1. The van der Waals surface area contributed by atoms with Crippen LogP contribution in [0.3, 0.4) is 0 Å². The van der Waals surface area contributed by atoms with Crippen LogP contribution in [0.2, 0.25) is 0 Å². The van der Waals surface area contributed by atoms with Gasteiger partial charge in [-0.3, -0.25) is 9.59 Å². The minimum absolute atomic E-state index is 0.109. The van der Waals surface area contributed by atoms with Crippen LogP contribution in [0.15, 0.2) is 59.9 Å². The monoisotopic (exact) mass is 487 g/mol. The van der Waals surface area contributed by atoms with E-state index >= 15 is 0 Å². The fourth-order valence-electron chi connectivity index (χ4n) is 6.31. The van der Waals surface area contributed by atoms with Gasteiger partial charge in [-0.2, -0.15) is 0 Å². The molecule has 5 nitrogen and oxygen atoms in total. The number of carbonyl (C=O) groups is 2. The Hall–Kier alpha value is -3.08. The lowest BCUT2D eigenvalue weighted by molar-refractivity contribution is -0.138. The zero-order valence-corrected chi connectivity index (χ0v) is 22.0. The normalized spacial score (nSPS) is 27.7. The van der Waals surface area contributed by atoms with E-state index in [0.29, 0.717) is 30.4 Å². The third-order valence-corrected chi connectivity index (χ3v) is 8.25. The fourth-order valence-corrected chi connectivity index (χ4v) is 6.31. The van der Waals surface area contributed by atoms with Gasteiger partial charge in [0.1, 0.15) is 11.9 Å². The molecular weight excluding hydrogens is 450 g/mol. The van der Waals surface area contributed by atoms with Crippen molar-refractivity contribution in [2.24, 2.45) is 17.8 Å². The molecule has 5 atom stereocenters. The van der Waals surface area contributed by atoms with Crippen molar-refractivity contribution in [2.75, 3.05) is 13.7 Å². The highest BCUT2D eigenvalue weighted by atomic mass is 16.5. The van der Waals surface area contributed by atoms with Crippen LogP contribution in [-0.2, 0) is 20.7 Å². The minimum Gasteiger partial charge on any atom is -0.497 e. The first kappa shape index (κ1) is 24.6. The summed E-state index contributed by atoms with van der Waals surface area (Å²) in [4.78, 5) is 29.6. The zero-order valence-electron chi connectivity index (χ0n) is 22.0. The Morgan fingerprint density at radius 2 is 1.69 bits per heavy atom. The molecule has 2 aliphatic heterocycles. The maximum atomic E-state index is 14.0. The average molecular weight is 488 g/mol. The molecule has 5 unspecified atom stereocenters. The molecule has 1 saturated carbocycles. The van der Waals surface area contributed by atoms with E-state index in [1.807, 2.05) is 29.2 Å². The van der Waals surface area contributed by atoms with Crippen LogP contribution in [0.1, 0.15) is 69.2 Å². The van der Waals surface area contributed by atoms with Crippen molar-refractivity contribution in [2.45, 2.75) is 65.0 Å². The van der Waals surface area contributed by atoms with Crippen LogP contribution < -0.4 is 4.74 Å². The van der Waals surface area contributed by atoms with E-state index in [2.05, 4.69) is 52.0 Å². The summed E-state index contributed by atoms with van der Waals surface area (Å²) in [6.07, 6.45) is 2.32. The molecule has 0 aromatic heterocycles. The van der Waals surface area contributed by atoms with Gasteiger partial charge in [0.25, 0.3) is 5.91 Å². The number of carbonyl (C=O) groups excluding carboxylic acids is 2. The molecule has 5 heteroatoms. The van der Waals surface area contributed by atoms with Gasteiger partial charge in [0.05, 0.1) is 24.6 Å². The second-order valence-corrected chi connectivity index (χ2v) is 11.2. The molecule has 2 aromatic rings. The molecule has 2 heterocycles. The number of nitrogens with zero attached hydrogens (tertiary/aromatic N) is 1. The SMILES string of the molecule is COc1ccc(CCN2C(=O)C3=C(C(=O)C4CC(C)CC(C)C4O3)C2c2ccc(C(C)C)cc2)cc1. The molecule has 1 fully saturated rings. The summed E-state index contributed by atoms with van der Waals surface area (Å²) in [6, 6.07) is 15.9. The Morgan fingerprint density at radius 3 is 2.33 bits per heavy atom. The van der Waals surface area contributed by atoms with Gasteiger partial charge in [0.2, 0.25) is 0 Å². The number of hydrogen-bond acceptors (Lipinski definition) is 4. The van der Waals surface area contributed by atoms with Gasteiger partial charge in [-0.05, 0) is 65.8 Å². The van der Waals surface area contributed by atoms with E-state index < -0.39 is 6.04 Å². The predicted molar refractivity (Wildman–Crippen MR) is 140 cm³/mol. The number of ether oxygens (including phenoxy) is 2. The Morgan fingerprint density at radius 1 is 1.00 bits per heavy atom. The standard InChI is InChI=1S/C31H37NO4/c1-18(2)22-8-10-23(11-9-22)27-26-28(33)25-17-19(3)16-20(4)29(25)36-30(26)31(34)32(27)15-14-21-6-12-24(35-5)13-7-21/h6-13,18-20,25,27,29H,14-17H2,1-5H3. The van der Waals surface area contributed by atoms with Crippen molar-refractivity contribution >= 4 is 11.7 Å². The summed E-state index contributed by atoms with van der Waals surface area (Å²) in [6.45, 7) is 9.20. The van der Waals surface area contributed by atoms with Gasteiger partial charge >= 0.3 is 0 Å². The first-order chi connectivity index (χ1) is 17.3. The van der Waals surface area contributed by atoms with E-state index in [-0.39, 0.29) is 35.4 Å². The lowest BCUT2D eigenvalue weighted by Crippen LogP contribution is -2.45. The zero-order chi connectivity index (χ0) is 25.6. The van der Waals surface area contributed by atoms with Crippen molar-refractivity contribution in [3.8, 4) is 5.75 Å². The minimum atomic E-state index is -0.409. The van der Waals surface area contributed by atoms with Crippen molar-refractivity contribution in [1.82, 2.24) is 4.90 Å². The largest absolute Gasteiger partial charge is 0.497 e. The third kappa shape index (κ3) is 4.33. The van der Waals surface area contributed by atoms with Crippen molar-refractivity contribution in [1.29, 1.82) is 0 Å². The smallest absolute Gasteiger partial charge is 0.290 e. The molecule has 1 aliphatic carbocycles. The number of rotatable bonds is 6. The topological polar surface area (TPSA) is 55.8 Å². The van der Waals surface area contributed by atoms with Gasteiger partial charge in [-0.25, -0.2) is 0 Å². The van der Waals surface area contributed by atoms with Crippen LogP contribution in [-0.4, -0.2) is 36.3 Å². The van der Waals surface area contributed by atoms with E-state index in [1.54, 1.807) is 7.11 Å². The molecular formula is C31H37NO4. The molecule has 0 radical (unpaired) electrons. The van der Waals surface area contributed by atoms with E-state index in [9.17, 15) is 9.59 Å². The molecule has 2 aromatic carbocycles. The first-order valence-electron chi connectivity index (χ1n) is 13.3. The van der Waals surface area contributed by atoms with Gasteiger partial charge in [-0.1, -0.05) is 64.1 Å². The van der Waals surface area contributed by atoms with Crippen molar-refractivity contribution < 1.29 is 19.1 Å². The number of ketones is 1. The predicted octanol–water partition coefficient (Wildman–Crippen LogP) is 5.85. The van der Waals surface area contributed by atoms with Crippen molar-refractivity contribution in [3.05, 3.63) is 76.6 Å². The maximum absolute atomic E-state index is 14.0. The molecule has 0 bridgehead atoms. The summed E-state index contributed by atoms with van der Waals surface area (Å²) in [7, 11) is 1.65. The molecule has 3 aliphatic rings. The second-order valence-electron chi connectivity index (χ2n) is 11.2. The lowest BCUT2D eigenvalue weighted by atomic mass is 9.70. The first-order valence-corrected chi connectivity index (χ1v) is 13.3. The number of benzene rings is 2. The second kappa shape index (κ2) is 9.76. The van der Waals surface area contributed by atoms with Gasteiger partial charge in [0.15, 0.2) is 11.5 Å². The van der Waals surface area contributed by atoms with Crippen LogP contribution in [0.4, 0.5) is 0 Å². The molecule has 1 amide bonds. The van der Waals surface area contributed by atoms with Crippen molar-refractivity contribution in [3.63, 3.8) is 0 Å². The molecule has 0 spiro atoms. The third-order valence-electron chi connectivity index (χ3n) is 8.25. The van der Waals surface area contributed by atoms with E-state index in [1.165, 1.54) is 5.56 Å². The number of fused-ring (bicyclic) bond motifs is 1.